The zero-order chi connectivity index (χ0) is 29.8. The molecule has 0 aromatic carbocycles. The van der Waals surface area contributed by atoms with Crippen LogP contribution in [0.25, 0.3) is 0 Å². The van der Waals surface area contributed by atoms with E-state index < -0.39 is 111 Å². The van der Waals surface area contributed by atoms with Crippen LogP contribution in [0, 0.1) is 0 Å². The molecule has 0 aromatic rings. The Morgan fingerprint density at radius 2 is 1.18 bits per heavy atom. The molecule has 0 amide bonds. The predicted molar refractivity (Wildman–Crippen MR) is 117 cm³/mol. The molecule has 0 saturated carbocycles. The minimum absolute atomic E-state index is 0.470. The lowest BCUT2D eigenvalue weighted by atomic mass is 9.96. The van der Waals surface area contributed by atoms with Crippen LogP contribution in [0.4, 0.5) is 0 Å². The molecular formula is C20H35NO18. The highest BCUT2D eigenvalue weighted by Gasteiger charge is 2.54. The molecule has 0 aromatic heterocycles. The van der Waals surface area contributed by atoms with Crippen LogP contribution in [0.3, 0.4) is 0 Å². The molecule has 0 spiro atoms. The Morgan fingerprint density at radius 1 is 0.692 bits per heavy atom. The van der Waals surface area contributed by atoms with Crippen molar-refractivity contribution in [3.8, 4) is 0 Å². The quantitative estimate of drug-likeness (QED) is 0.134. The zero-order valence-corrected chi connectivity index (χ0v) is 20.7. The van der Waals surface area contributed by atoms with Crippen LogP contribution in [0.5, 0.6) is 0 Å². The van der Waals surface area contributed by atoms with E-state index in [9.17, 15) is 50.4 Å². The Bertz CT molecular complexity index is 800. The van der Waals surface area contributed by atoms with Gasteiger partial charge in [-0.15, -0.1) is 0 Å². The van der Waals surface area contributed by atoms with Crippen molar-refractivity contribution in [1.82, 2.24) is 0 Å². The third-order valence-corrected chi connectivity index (χ3v) is 6.32. The Kier molecular flexibility index (Phi) is 12.3. The molecule has 3 fully saturated rings. The minimum Gasteiger partial charge on any atom is -0.479 e. The van der Waals surface area contributed by atoms with Crippen LogP contribution in [-0.4, -0.2) is 176 Å². The number of aliphatic hydroxyl groups excluding tert-OH is 8. The normalized spacial score (nSPS) is 46.6. The number of carbonyl (C=O) groups is 2. The second-order valence-electron chi connectivity index (χ2n) is 8.83. The highest BCUT2D eigenvalue weighted by atomic mass is 16.7. The molecule has 3 saturated heterocycles. The highest BCUT2D eigenvalue weighted by Crippen LogP contribution is 2.30. The first-order chi connectivity index (χ1) is 18.2. The minimum atomic E-state index is -1.86. The van der Waals surface area contributed by atoms with E-state index in [1.807, 2.05) is 0 Å². The summed E-state index contributed by atoms with van der Waals surface area (Å²) in [7, 11) is 2.22. The van der Waals surface area contributed by atoms with E-state index in [0.29, 0.717) is 0 Å². The lowest BCUT2D eigenvalue weighted by Crippen LogP contribution is -2.65. The lowest BCUT2D eigenvalue weighted by Gasteiger charge is -2.45. The molecule has 3 heterocycles. The summed E-state index contributed by atoms with van der Waals surface area (Å²) < 4.78 is 29.6. The number of hydrogen-bond acceptors (Lipinski definition) is 17. The van der Waals surface area contributed by atoms with Gasteiger partial charge in [0.25, 0.3) is 0 Å². The fourth-order valence-electron chi connectivity index (χ4n) is 4.07. The fourth-order valence-corrected chi connectivity index (χ4v) is 4.07. The SMILES string of the molecule is CO[C@@H]1OC(C(=O)O)[C@@H](O[C@@H]2OC(C(=O)O)[C@@H](OC)[C@H](O)C2O)[C@H](O)C1O.NC1[C@H](O)OC(CO)[C@@H](O)[C@@H]1O. The summed E-state index contributed by atoms with van der Waals surface area (Å²) in [5, 5.41) is 94.8. The van der Waals surface area contributed by atoms with E-state index in [1.54, 1.807) is 0 Å². The Balaban J connectivity index is 0.000000370. The van der Waals surface area contributed by atoms with Crippen LogP contribution < -0.4 is 5.73 Å². The smallest absolute Gasteiger partial charge is 0.335 e. The van der Waals surface area contributed by atoms with Crippen LogP contribution in [0.1, 0.15) is 0 Å². The fraction of sp³-hybridized carbons (Fsp3) is 0.900. The van der Waals surface area contributed by atoms with E-state index in [1.165, 1.54) is 0 Å². The molecule has 39 heavy (non-hydrogen) atoms. The number of rotatable bonds is 7. The standard InChI is InChI=1S/C14H22O13.C6H13NO5/c1-23-7-3(15)6(18)14(27-9(7)11(19)20)25-8-4(16)5(17)13(24-2)26-10(8)12(21)22;7-3-5(10)4(9)2(1-8)12-6(3)11/h3-10,13-18H,1-2H3,(H,19,20)(H,21,22);2-6,8-11H,1,7H2/t3-,4-,5?,6?,7+,8+,9?,10?,13-,14-;2?,3?,4-,5-,6-/m11/s1. The topological polar surface area (TPSA) is 318 Å². The monoisotopic (exact) mass is 577 g/mol. The molecule has 3 rings (SSSR count). The van der Waals surface area contributed by atoms with Crippen molar-refractivity contribution in [2.45, 2.75) is 92.1 Å². The van der Waals surface area contributed by atoms with Crippen molar-refractivity contribution in [1.29, 1.82) is 0 Å². The van der Waals surface area contributed by atoms with Crippen molar-refractivity contribution in [2.24, 2.45) is 5.73 Å². The molecule has 0 bridgehead atoms. The molecule has 0 aliphatic carbocycles. The second kappa shape index (κ2) is 14.3. The maximum absolute atomic E-state index is 11.4. The van der Waals surface area contributed by atoms with Crippen molar-refractivity contribution in [2.75, 3.05) is 20.8 Å². The molecular weight excluding hydrogens is 542 g/mol. The Morgan fingerprint density at radius 3 is 1.67 bits per heavy atom. The summed E-state index contributed by atoms with van der Waals surface area (Å²) in [6.45, 7) is -0.470. The summed E-state index contributed by atoms with van der Waals surface area (Å²) in [6, 6.07) is -1.04. The number of hydrogen-bond donors (Lipinski definition) is 11. The van der Waals surface area contributed by atoms with Gasteiger partial charge in [-0.25, -0.2) is 9.59 Å². The van der Waals surface area contributed by atoms with E-state index in [0.717, 1.165) is 14.2 Å². The molecule has 6 unspecified atom stereocenters. The van der Waals surface area contributed by atoms with Gasteiger partial charge in [0.05, 0.1) is 12.6 Å². The predicted octanol–water partition coefficient (Wildman–Crippen LogP) is -7.16. The molecule has 19 heteroatoms. The van der Waals surface area contributed by atoms with E-state index in [2.05, 4.69) is 0 Å². The van der Waals surface area contributed by atoms with Gasteiger partial charge in [-0.05, 0) is 0 Å². The molecule has 228 valence electrons. The highest BCUT2D eigenvalue weighted by molar-refractivity contribution is 5.74. The van der Waals surface area contributed by atoms with E-state index in [-0.39, 0.29) is 0 Å². The number of aliphatic carboxylic acids is 2. The third-order valence-electron chi connectivity index (χ3n) is 6.32. The van der Waals surface area contributed by atoms with Crippen LogP contribution in [-0.2, 0) is 38.0 Å². The van der Waals surface area contributed by atoms with Crippen LogP contribution in [0.15, 0.2) is 0 Å². The summed E-state index contributed by atoms with van der Waals surface area (Å²) in [4.78, 5) is 22.7. The van der Waals surface area contributed by atoms with Gasteiger partial charge >= 0.3 is 11.9 Å². The molecule has 3 aliphatic rings. The summed E-state index contributed by atoms with van der Waals surface area (Å²) in [6.07, 6.45) is -22.1. The van der Waals surface area contributed by atoms with Gasteiger partial charge in [0.2, 0.25) is 0 Å². The maximum atomic E-state index is 11.4. The molecule has 0 radical (unpaired) electrons. The lowest BCUT2D eigenvalue weighted by molar-refractivity contribution is -0.349. The van der Waals surface area contributed by atoms with Crippen LogP contribution >= 0.6 is 0 Å². The molecule has 3 aliphatic heterocycles. The van der Waals surface area contributed by atoms with Crippen molar-refractivity contribution in [3.05, 3.63) is 0 Å². The van der Waals surface area contributed by atoms with Crippen molar-refractivity contribution in [3.63, 3.8) is 0 Å². The van der Waals surface area contributed by atoms with E-state index in [4.69, 9.17) is 44.4 Å². The molecule has 12 N–H and O–H groups in total. The van der Waals surface area contributed by atoms with E-state index >= 15 is 0 Å². The summed E-state index contributed by atoms with van der Waals surface area (Å²) in [5.74, 6) is -3.11. The van der Waals surface area contributed by atoms with Crippen LogP contribution in [0.2, 0.25) is 0 Å². The average Bonchev–Trinajstić information content (AvgIpc) is 2.90. The first kappa shape index (κ1) is 33.5. The maximum Gasteiger partial charge on any atom is 0.335 e. The van der Waals surface area contributed by atoms with Gasteiger partial charge in [-0.1, -0.05) is 0 Å². The second-order valence-corrected chi connectivity index (χ2v) is 8.83. The Labute approximate surface area is 220 Å². The number of nitrogens with two attached hydrogens (primary N) is 1. The van der Waals surface area contributed by atoms with Crippen molar-refractivity contribution >= 4 is 11.9 Å². The number of ether oxygens (including phenoxy) is 6. The summed E-state index contributed by atoms with van der Waals surface area (Å²) in [5.41, 5.74) is 5.26. The number of aliphatic hydroxyl groups is 8. The van der Waals surface area contributed by atoms with Gasteiger partial charge in [0.15, 0.2) is 31.1 Å². The third kappa shape index (κ3) is 7.35. The molecule has 19 nitrogen and oxygen atoms in total. The average molecular weight is 577 g/mol. The number of carboxylic acids is 2. The number of carboxylic acid groups (broad SMARTS) is 2. The first-order valence-electron chi connectivity index (χ1n) is 11.5. The Hall–Kier alpha value is -1.66. The summed E-state index contributed by atoms with van der Waals surface area (Å²) >= 11 is 0. The number of methoxy groups -OCH3 is 2. The van der Waals surface area contributed by atoms with Gasteiger partial charge in [0.1, 0.15) is 54.9 Å². The zero-order valence-electron chi connectivity index (χ0n) is 20.7. The van der Waals surface area contributed by atoms with Gasteiger partial charge in [-0.2, -0.15) is 0 Å². The van der Waals surface area contributed by atoms with Gasteiger partial charge in [0, 0.05) is 14.2 Å². The van der Waals surface area contributed by atoms with Gasteiger partial charge < -0.3 is 85.2 Å². The van der Waals surface area contributed by atoms with Gasteiger partial charge in [-0.3, -0.25) is 0 Å². The largest absolute Gasteiger partial charge is 0.479 e. The van der Waals surface area contributed by atoms with Crippen molar-refractivity contribution < 1.29 is 89.1 Å². The molecule has 15 atom stereocenters. The first-order valence-corrected chi connectivity index (χ1v) is 11.5.